The summed E-state index contributed by atoms with van der Waals surface area (Å²) in [6.45, 7) is 2.02. The van der Waals surface area contributed by atoms with Crippen molar-refractivity contribution in [3.05, 3.63) is 36.3 Å². The van der Waals surface area contributed by atoms with Gasteiger partial charge in [-0.25, -0.2) is 18.4 Å². The minimum absolute atomic E-state index is 0.0102. The van der Waals surface area contributed by atoms with Crippen LogP contribution in [0.25, 0.3) is 0 Å². The van der Waals surface area contributed by atoms with Gasteiger partial charge in [-0.1, -0.05) is 19.1 Å². The number of nitrogens with zero attached hydrogens (tertiary/aromatic N) is 2. The van der Waals surface area contributed by atoms with E-state index in [1.54, 1.807) is 19.1 Å². The van der Waals surface area contributed by atoms with E-state index in [0.717, 1.165) is 0 Å². The average Bonchev–Trinajstić information content (AvgIpc) is 2.54. The standard InChI is InChI=1S/C15H17N3O4S/c1-2-7-23(19,20)13-8-17-15(18-14(13)16)12-9-21-10-5-3-4-6-11(10)22-12/h3-6,8,12H,2,7,9H2,1H3,(H2,16,17,18)/t12-/m1/s1. The van der Waals surface area contributed by atoms with Crippen LogP contribution >= 0.6 is 0 Å². The smallest absolute Gasteiger partial charge is 0.192 e. The zero-order chi connectivity index (χ0) is 16.4. The molecule has 0 fully saturated rings. The Hall–Kier alpha value is -2.35. The van der Waals surface area contributed by atoms with Crippen LogP contribution in [0.15, 0.2) is 35.4 Å². The van der Waals surface area contributed by atoms with Gasteiger partial charge in [-0.05, 0) is 18.6 Å². The summed E-state index contributed by atoms with van der Waals surface area (Å²) in [5, 5.41) is 0. The van der Waals surface area contributed by atoms with Gasteiger partial charge in [0, 0.05) is 0 Å². The van der Waals surface area contributed by atoms with Gasteiger partial charge < -0.3 is 15.2 Å². The molecule has 122 valence electrons. The van der Waals surface area contributed by atoms with Crippen molar-refractivity contribution in [2.75, 3.05) is 18.1 Å². The van der Waals surface area contributed by atoms with Crippen molar-refractivity contribution in [2.24, 2.45) is 0 Å². The van der Waals surface area contributed by atoms with Crippen molar-refractivity contribution in [3.63, 3.8) is 0 Å². The molecule has 1 aliphatic heterocycles. The van der Waals surface area contributed by atoms with Crippen molar-refractivity contribution in [2.45, 2.75) is 24.3 Å². The second kappa shape index (κ2) is 6.04. The summed E-state index contributed by atoms with van der Waals surface area (Å²) >= 11 is 0. The second-order valence-electron chi connectivity index (χ2n) is 5.16. The Morgan fingerprint density at radius 1 is 1.30 bits per heavy atom. The SMILES string of the molecule is CCCS(=O)(=O)c1cnc([C@H]2COc3ccccc3O2)nc1N. The molecule has 1 aliphatic rings. The van der Waals surface area contributed by atoms with Gasteiger partial charge in [-0.3, -0.25) is 0 Å². The second-order valence-corrected chi connectivity index (χ2v) is 7.24. The van der Waals surface area contributed by atoms with Crippen LogP contribution in [0.4, 0.5) is 5.82 Å². The molecule has 8 heteroatoms. The maximum atomic E-state index is 12.1. The molecule has 2 aromatic rings. The molecule has 2 heterocycles. The molecule has 23 heavy (non-hydrogen) atoms. The lowest BCUT2D eigenvalue weighted by Crippen LogP contribution is -2.24. The molecule has 1 aromatic carbocycles. The molecule has 0 spiro atoms. The average molecular weight is 335 g/mol. The van der Waals surface area contributed by atoms with Gasteiger partial charge in [0.2, 0.25) is 0 Å². The Labute approximate surface area is 134 Å². The first-order valence-electron chi connectivity index (χ1n) is 7.25. The minimum atomic E-state index is -3.46. The fourth-order valence-corrected chi connectivity index (χ4v) is 3.65. The van der Waals surface area contributed by atoms with Crippen LogP contribution in [0, 0.1) is 0 Å². The molecule has 2 N–H and O–H groups in total. The van der Waals surface area contributed by atoms with Crippen molar-refractivity contribution in [3.8, 4) is 11.5 Å². The molecule has 0 unspecified atom stereocenters. The molecule has 0 saturated heterocycles. The van der Waals surface area contributed by atoms with E-state index < -0.39 is 15.9 Å². The maximum absolute atomic E-state index is 12.1. The van der Waals surface area contributed by atoms with E-state index >= 15 is 0 Å². The van der Waals surface area contributed by atoms with E-state index in [1.165, 1.54) is 6.20 Å². The van der Waals surface area contributed by atoms with Crippen molar-refractivity contribution < 1.29 is 17.9 Å². The van der Waals surface area contributed by atoms with Crippen LogP contribution in [0.3, 0.4) is 0 Å². The highest BCUT2D eigenvalue weighted by Crippen LogP contribution is 2.35. The summed E-state index contributed by atoms with van der Waals surface area (Å²) < 4.78 is 35.6. The number of nitrogen functional groups attached to an aromatic ring is 1. The lowest BCUT2D eigenvalue weighted by Gasteiger charge is -2.25. The summed E-state index contributed by atoms with van der Waals surface area (Å²) in [5.41, 5.74) is 5.81. The number of rotatable bonds is 4. The van der Waals surface area contributed by atoms with Gasteiger partial charge in [-0.15, -0.1) is 0 Å². The van der Waals surface area contributed by atoms with Crippen molar-refractivity contribution in [1.82, 2.24) is 9.97 Å². The summed E-state index contributed by atoms with van der Waals surface area (Å²) in [6.07, 6.45) is 1.21. The molecule has 0 aliphatic carbocycles. The van der Waals surface area contributed by atoms with E-state index in [2.05, 4.69) is 9.97 Å². The molecule has 0 radical (unpaired) electrons. The first-order chi connectivity index (χ1) is 11.0. The molecular weight excluding hydrogens is 318 g/mol. The fraction of sp³-hybridized carbons (Fsp3) is 0.333. The number of hydrogen-bond acceptors (Lipinski definition) is 7. The molecule has 1 aromatic heterocycles. The van der Waals surface area contributed by atoms with E-state index in [-0.39, 0.29) is 23.1 Å². The Morgan fingerprint density at radius 3 is 2.74 bits per heavy atom. The van der Waals surface area contributed by atoms with Crippen LogP contribution in [-0.2, 0) is 9.84 Å². The predicted octanol–water partition coefficient (Wildman–Crippen LogP) is 1.75. The molecule has 1 atom stereocenters. The molecule has 0 bridgehead atoms. The largest absolute Gasteiger partial charge is 0.485 e. The first kappa shape index (κ1) is 15.5. The van der Waals surface area contributed by atoms with Gasteiger partial charge in [0.05, 0.1) is 11.9 Å². The van der Waals surface area contributed by atoms with Crippen molar-refractivity contribution in [1.29, 1.82) is 0 Å². The lowest BCUT2D eigenvalue weighted by molar-refractivity contribution is 0.0850. The van der Waals surface area contributed by atoms with Gasteiger partial charge >= 0.3 is 0 Å². The van der Waals surface area contributed by atoms with E-state index in [0.29, 0.717) is 23.7 Å². The monoisotopic (exact) mass is 335 g/mol. The molecular formula is C15H17N3O4S. The third kappa shape index (κ3) is 3.07. The number of benzene rings is 1. The van der Waals surface area contributed by atoms with Crippen LogP contribution in [0.2, 0.25) is 0 Å². The zero-order valence-electron chi connectivity index (χ0n) is 12.6. The zero-order valence-corrected chi connectivity index (χ0v) is 13.4. The lowest BCUT2D eigenvalue weighted by atomic mass is 10.2. The van der Waals surface area contributed by atoms with Gasteiger partial charge in [0.25, 0.3) is 0 Å². The summed E-state index contributed by atoms with van der Waals surface area (Å²) in [7, 11) is -3.46. The Morgan fingerprint density at radius 2 is 2.04 bits per heavy atom. The van der Waals surface area contributed by atoms with Gasteiger partial charge in [-0.2, -0.15) is 0 Å². The number of para-hydroxylation sites is 2. The normalized spacial score (nSPS) is 17.0. The highest BCUT2D eigenvalue weighted by Gasteiger charge is 2.27. The van der Waals surface area contributed by atoms with E-state index in [1.807, 2.05) is 12.1 Å². The predicted molar refractivity (Wildman–Crippen MR) is 84.1 cm³/mol. The molecule has 0 amide bonds. The highest BCUT2D eigenvalue weighted by molar-refractivity contribution is 7.91. The number of nitrogens with two attached hydrogens (primary N) is 1. The van der Waals surface area contributed by atoms with Crippen LogP contribution in [-0.4, -0.2) is 30.7 Å². The number of sulfone groups is 1. The Kier molecular flexibility index (Phi) is 4.08. The van der Waals surface area contributed by atoms with Crippen LogP contribution in [0.5, 0.6) is 11.5 Å². The Balaban J connectivity index is 1.87. The van der Waals surface area contributed by atoms with Gasteiger partial charge in [0.1, 0.15) is 17.3 Å². The van der Waals surface area contributed by atoms with Crippen molar-refractivity contribution >= 4 is 15.7 Å². The molecule has 7 nitrogen and oxygen atoms in total. The molecule has 0 saturated carbocycles. The number of aromatic nitrogens is 2. The maximum Gasteiger partial charge on any atom is 0.192 e. The number of hydrogen-bond donors (Lipinski definition) is 1. The van der Waals surface area contributed by atoms with E-state index in [9.17, 15) is 8.42 Å². The third-order valence-corrected chi connectivity index (χ3v) is 5.34. The Bertz CT molecular complexity index is 823. The number of ether oxygens (including phenoxy) is 2. The quantitative estimate of drug-likeness (QED) is 0.907. The minimum Gasteiger partial charge on any atom is -0.485 e. The fourth-order valence-electron chi connectivity index (χ4n) is 2.32. The number of fused-ring (bicyclic) bond motifs is 1. The third-order valence-electron chi connectivity index (χ3n) is 3.41. The van der Waals surface area contributed by atoms with Gasteiger partial charge in [0.15, 0.2) is 33.3 Å². The number of anilines is 1. The highest BCUT2D eigenvalue weighted by atomic mass is 32.2. The topological polar surface area (TPSA) is 104 Å². The summed E-state index contributed by atoms with van der Waals surface area (Å²) in [6, 6.07) is 7.27. The van der Waals surface area contributed by atoms with Crippen LogP contribution in [0.1, 0.15) is 25.3 Å². The van der Waals surface area contributed by atoms with E-state index in [4.69, 9.17) is 15.2 Å². The summed E-state index contributed by atoms with van der Waals surface area (Å²) in [4.78, 5) is 8.17. The summed E-state index contributed by atoms with van der Waals surface area (Å²) in [5.74, 6) is 1.49. The van der Waals surface area contributed by atoms with Crippen LogP contribution < -0.4 is 15.2 Å². The first-order valence-corrected chi connectivity index (χ1v) is 8.90. The molecule has 3 rings (SSSR count).